The third kappa shape index (κ3) is 1.84. The summed E-state index contributed by atoms with van der Waals surface area (Å²) in [4.78, 5) is 11.7. The minimum atomic E-state index is 0.0573. The molecule has 1 aliphatic heterocycles. The van der Waals surface area contributed by atoms with Gasteiger partial charge in [-0.2, -0.15) is 0 Å². The number of aromatic amines is 1. The zero-order valence-corrected chi connectivity index (χ0v) is 12.1. The van der Waals surface area contributed by atoms with Crippen LogP contribution in [-0.4, -0.2) is 42.6 Å². The number of H-pyrrole nitrogens is 1. The molecule has 0 amide bonds. The number of rotatable bonds is 3. The number of fused-ring (bicyclic) bond motifs is 3. The van der Waals surface area contributed by atoms with Crippen LogP contribution in [-0.2, 0) is 5.41 Å². The van der Waals surface area contributed by atoms with Gasteiger partial charge in [-0.1, -0.05) is 13.3 Å². The first-order valence-corrected chi connectivity index (χ1v) is 7.58. The molecule has 0 bridgehead atoms. The molecule has 0 radical (unpaired) electrons. The minimum Gasteiger partial charge on any atom is -0.340 e. The van der Waals surface area contributed by atoms with Crippen molar-refractivity contribution in [1.82, 2.24) is 34.9 Å². The van der Waals surface area contributed by atoms with Crippen LogP contribution in [0.5, 0.6) is 0 Å². The number of imidazole rings is 1. The number of hydrogen-bond acceptors (Lipinski definition) is 5. The number of nitrogens with zero attached hydrogens (tertiary/aromatic N) is 5. The summed E-state index contributed by atoms with van der Waals surface area (Å²) in [6.45, 7) is 4.28. The molecule has 1 atom stereocenters. The van der Waals surface area contributed by atoms with Crippen molar-refractivity contribution >= 4 is 16.8 Å². The zero-order valence-electron chi connectivity index (χ0n) is 12.1. The highest BCUT2D eigenvalue weighted by molar-refractivity contribution is 5.84. The van der Waals surface area contributed by atoms with Crippen LogP contribution in [0, 0.1) is 0 Å². The molecule has 0 saturated carbocycles. The lowest BCUT2D eigenvalue weighted by Crippen LogP contribution is -2.44. The van der Waals surface area contributed by atoms with Crippen LogP contribution in [0.2, 0.25) is 0 Å². The highest BCUT2D eigenvalue weighted by atomic mass is 15.3. The first kappa shape index (κ1) is 12.7. The summed E-state index contributed by atoms with van der Waals surface area (Å²) in [6, 6.07) is 0. The van der Waals surface area contributed by atoms with Gasteiger partial charge in [-0.05, 0) is 25.8 Å². The van der Waals surface area contributed by atoms with Gasteiger partial charge in [-0.3, -0.25) is 4.40 Å². The van der Waals surface area contributed by atoms with E-state index in [9.17, 15) is 0 Å². The van der Waals surface area contributed by atoms with Crippen LogP contribution < -0.4 is 5.32 Å². The van der Waals surface area contributed by atoms with E-state index in [-0.39, 0.29) is 5.41 Å². The van der Waals surface area contributed by atoms with E-state index in [0.717, 1.165) is 49.3 Å². The Kier molecular flexibility index (Phi) is 2.88. The zero-order chi connectivity index (χ0) is 14.3. The van der Waals surface area contributed by atoms with Crippen molar-refractivity contribution in [1.29, 1.82) is 0 Å². The van der Waals surface area contributed by atoms with Gasteiger partial charge in [0.1, 0.15) is 17.7 Å². The lowest BCUT2D eigenvalue weighted by molar-refractivity contribution is 0.274. The van der Waals surface area contributed by atoms with Crippen LogP contribution >= 0.6 is 0 Å². The average Bonchev–Trinajstić information content (AvgIpc) is 3.14. The molecule has 1 aliphatic rings. The van der Waals surface area contributed by atoms with E-state index in [0.29, 0.717) is 5.65 Å². The Labute approximate surface area is 122 Å². The molecular formula is C14H19N7. The molecule has 7 heteroatoms. The molecule has 2 N–H and O–H groups in total. The molecule has 1 fully saturated rings. The molecule has 0 spiro atoms. The fraction of sp³-hybridized carbons (Fsp3) is 0.571. The van der Waals surface area contributed by atoms with Crippen LogP contribution in [0.3, 0.4) is 0 Å². The van der Waals surface area contributed by atoms with Crippen molar-refractivity contribution in [3.63, 3.8) is 0 Å². The monoisotopic (exact) mass is 285 g/mol. The Morgan fingerprint density at radius 3 is 3.10 bits per heavy atom. The van der Waals surface area contributed by atoms with Crippen molar-refractivity contribution in [2.45, 2.75) is 38.0 Å². The third-order valence-corrected chi connectivity index (χ3v) is 4.51. The van der Waals surface area contributed by atoms with Crippen LogP contribution in [0.1, 0.15) is 38.4 Å². The molecule has 110 valence electrons. The van der Waals surface area contributed by atoms with Crippen molar-refractivity contribution < 1.29 is 0 Å². The fourth-order valence-corrected chi connectivity index (χ4v) is 3.56. The molecule has 0 aromatic carbocycles. The lowest BCUT2D eigenvalue weighted by Gasteiger charge is -2.36. The standard InChI is InChI=1S/C14H19N7/c1-2-4-14(5-3-6-15-7-14)13-20-19-12-10-11(17-8-16-10)18-9-21(12)13/h8-9,15H,2-7H2,1H3,(H,16,17). The van der Waals surface area contributed by atoms with E-state index in [4.69, 9.17) is 0 Å². The highest BCUT2D eigenvalue weighted by Crippen LogP contribution is 2.35. The average molecular weight is 285 g/mol. The Morgan fingerprint density at radius 1 is 1.33 bits per heavy atom. The summed E-state index contributed by atoms with van der Waals surface area (Å²) < 4.78 is 2.03. The van der Waals surface area contributed by atoms with Gasteiger partial charge in [0.25, 0.3) is 0 Å². The molecule has 3 aromatic rings. The van der Waals surface area contributed by atoms with E-state index in [2.05, 4.69) is 37.4 Å². The summed E-state index contributed by atoms with van der Waals surface area (Å²) in [5.74, 6) is 1.02. The SMILES string of the molecule is CCCC1(c2nnc3c4[nH]cnc4ncn23)CCCNC1. The van der Waals surface area contributed by atoms with Gasteiger partial charge in [-0.25, -0.2) is 9.97 Å². The number of hydrogen-bond donors (Lipinski definition) is 2. The number of piperidine rings is 1. The Morgan fingerprint density at radius 2 is 2.29 bits per heavy atom. The van der Waals surface area contributed by atoms with Gasteiger partial charge in [0.15, 0.2) is 11.3 Å². The van der Waals surface area contributed by atoms with Gasteiger partial charge < -0.3 is 10.3 Å². The summed E-state index contributed by atoms with van der Waals surface area (Å²) in [7, 11) is 0. The Balaban J connectivity index is 1.91. The van der Waals surface area contributed by atoms with Gasteiger partial charge in [0.05, 0.1) is 6.33 Å². The topological polar surface area (TPSA) is 83.8 Å². The predicted octanol–water partition coefficient (Wildman–Crippen LogP) is 1.42. The predicted molar refractivity (Wildman–Crippen MR) is 79.1 cm³/mol. The van der Waals surface area contributed by atoms with E-state index in [1.807, 2.05) is 4.40 Å². The largest absolute Gasteiger partial charge is 0.340 e. The summed E-state index contributed by atoms with van der Waals surface area (Å²) >= 11 is 0. The van der Waals surface area contributed by atoms with Crippen molar-refractivity contribution in [3.8, 4) is 0 Å². The molecule has 3 aromatic heterocycles. The minimum absolute atomic E-state index is 0.0573. The van der Waals surface area contributed by atoms with E-state index >= 15 is 0 Å². The molecule has 1 unspecified atom stereocenters. The van der Waals surface area contributed by atoms with Gasteiger partial charge in [-0.15, -0.1) is 10.2 Å². The molecule has 4 rings (SSSR count). The molecule has 7 nitrogen and oxygen atoms in total. The number of aromatic nitrogens is 6. The normalized spacial score (nSPS) is 23.1. The molecular weight excluding hydrogens is 266 g/mol. The van der Waals surface area contributed by atoms with E-state index in [1.165, 1.54) is 6.42 Å². The van der Waals surface area contributed by atoms with Crippen LogP contribution in [0.25, 0.3) is 16.8 Å². The van der Waals surface area contributed by atoms with E-state index in [1.54, 1.807) is 12.7 Å². The molecule has 4 heterocycles. The summed E-state index contributed by atoms with van der Waals surface area (Å²) in [6.07, 6.45) is 8.03. The summed E-state index contributed by atoms with van der Waals surface area (Å²) in [5.41, 5.74) is 2.41. The second-order valence-electron chi connectivity index (χ2n) is 5.87. The first-order valence-electron chi connectivity index (χ1n) is 7.58. The van der Waals surface area contributed by atoms with Crippen molar-refractivity contribution in [2.24, 2.45) is 0 Å². The second-order valence-corrected chi connectivity index (χ2v) is 5.87. The highest BCUT2D eigenvalue weighted by Gasteiger charge is 2.37. The number of nitrogens with one attached hydrogen (secondary N) is 2. The lowest BCUT2D eigenvalue weighted by atomic mass is 9.76. The van der Waals surface area contributed by atoms with Gasteiger partial charge >= 0.3 is 0 Å². The molecule has 21 heavy (non-hydrogen) atoms. The van der Waals surface area contributed by atoms with Crippen LogP contribution in [0.4, 0.5) is 0 Å². The van der Waals surface area contributed by atoms with E-state index < -0.39 is 0 Å². The molecule has 0 aliphatic carbocycles. The van der Waals surface area contributed by atoms with Gasteiger partial charge in [0, 0.05) is 12.0 Å². The quantitative estimate of drug-likeness (QED) is 0.760. The Bertz CT molecular complexity index is 760. The van der Waals surface area contributed by atoms with Gasteiger partial charge in [0.2, 0.25) is 0 Å². The maximum atomic E-state index is 4.52. The summed E-state index contributed by atoms with van der Waals surface area (Å²) in [5, 5.41) is 12.4. The maximum Gasteiger partial charge on any atom is 0.189 e. The van der Waals surface area contributed by atoms with Crippen LogP contribution in [0.15, 0.2) is 12.7 Å². The van der Waals surface area contributed by atoms with Crippen molar-refractivity contribution in [2.75, 3.05) is 13.1 Å². The Hall–Kier alpha value is -2.02. The maximum absolute atomic E-state index is 4.52. The fourth-order valence-electron chi connectivity index (χ4n) is 3.56. The second kappa shape index (κ2) is 4.77. The van der Waals surface area contributed by atoms with Crippen molar-refractivity contribution in [3.05, 3.63) is 18.5 Å². The molecule has 1 saturated heterocycles. The third-order valence-electron chi connectivity index (χ3n) is 4.51. The smallest absolute Gasteiger partial charge is 0.189 e. The first-order chi connectivity index (χ1) is 10.3.